The van der Waals surface area contributed by atoms with Crippen LogP contribution in [0.2, 0.25) is 0 Å². The van der Waals surface area contributed by atoms with Crippen molar-refractivity contribution in [3.8, 4) is 6.07 Å². The van der Waals surface area contributed by atoms with E-state index in [4.69, 9.17) is 15.0 Å². The Labute approximate surface area is 112 Å². The van der Waals surface area contributed by atoms with Crippen LogP contribution in [0.4, 0.5) is 0 Å². The zero-order valence-corrected chi connectivity index (χ0v) is 11.3. The van der Waals surface area contributed by atoms with Crippen molar-refractivity contribution in [1.82, 2.24) is 9.55 Å². The van der Waals surface area contributed by atoms with Crippen LogP contribution in [-0.2, 0) is 4.74 Å². The fourth-order valence-electron chi connectivity index (χ4n) is 2.76. The lowest BCUT2D eigenvalue weighted by Crippen LogP contribution is -2.11. The van der Waals surface area contributed by atoms with Crippen LogP contribution in [0.25, 0.3) is 11.0 Å². The summed E-state index contributed by atoms with van der Waals surface area (Å²) in [7, 11) is 0. The van der Waals surface area contributed by atoms with Gasteiger partial charge in [0.15, 0.2) is 0 Å². The van der Waals surface area contributed by atoms with Crippen molar-refractivity contribution in [3.05, 3.63) is 29.6 Å². The van der Waals surface area contributed by atoms with E-state index in [-0.39, 0.29) is 0 Å². The molecule has 1 aliphatic rings. The molecule has 1 fully saturated rings. The molecule has 98 valence electrons. The molecule has 19 heavy (non-hydrogen) atoms. The highest BCUT2D eigenvalue weighted by atomic mass is 16.5. The van der Waals surface area contributed by atoms with E-state index in [1.165, 1.54) is 0 Å². The van der Waals surface area contributed by atoms with Gasteiger partial charge in [0.1, 0.15) is 5.82 Å². The van der Waals surface area contributed by atoms with Gasteiger partial charge >= 0.3 is 0 Å². The molecule has 0 bridgehead atoms. The van der Waals surface area contributed by atoms with Gasteiger partial charge in [-0.2, -0.15) is 5.26 Å². The highest BCUT2D eigenvalue weighted by Gasteiger charge is 2.25. The number of nitriles is 1. The maximum Gasteiger partial charge on any atom is 0.115 e. The van der Waals surface area contributed by atoms with E-state index < -0.39 is 0 Å². The van der Waals surface area contributed by atoms with Crippen molar-refractivity contribution in [3.63, 3.8) is 0 Å². The van der Waals surface area contributed by atoms with Crippen LogP contribution in [0.15, 0.2) is 18.2 Å². The predicted molar refractivity (Wildman–Crippen MR) is 73.0 cm³/mol. The monoisotopic (exact) mass is 255 g/mol. The van der Waals surface area contributed by atoms with Crippen molar-refractivity contribution in [2.45, 2.75) is 32.2 Å². The fraction of sp³-hybridized carbons (Fsp3) is 0.467. The fourth-order valence-corrected chi connectivity index (χ4v) is 2.76. The Bertz CT molecular complexity index is 645. The molecular formula is C15H17N3O. The lowest BCUT2D eigenvalue weighted by Gasteiger charge is -2.16. The van der Waals surface area contributed by atoms with Gasteiger partial charge in [-0.15, -0.1) is 0 Å². The largest absolute Gasteiger partial charge is 0.381 e. The average Bonchev–Trinajstić information content (AvgIpc) is 3.04. The summed E-state index contributed by atoms with van der Waals surface area (Å²) in [5, 5.41) is 8.99. The number of aromatic nitrogens is 2. The van der Waals surface area contributed by atoms with E-state index in [0.29, 0.717) is 17.5 Å². The third-order valence-corrected chi connectivity index (χ3v) is 3.66. The highest BCUT2D eigenvalue weighted by molar-refractivity contribution is 5.78. The number of ether oxygens (including phenoxy) is 1. The first-order chi connectivity index (χ1) is 9.20. The minimum absolute atomic E-state index is 0.355. The first kappa shape index (κ1) is 12.2. The lowest BCUT2D eigenvalue weighted by atomic mass is 10.1. The molecule has 1 atom stereocenters. The smallest absolute Gasteiger partial charge is 0.115 e. The zero-order valence-electron chi connectivity index (χ0n) is 11.3. The van der Waals surface area contributed by atoms with Gasteiger partial charge < -0.3 is 9.30 Å². The molecule has 2 aromatic rings. The summed E-state index contributed by atoms with van der Waals surface area (Å²) in [4.78, 5) is 4.76. The maximum absolute atomic E-state index is 8.99. The Morgan fingerprint density at radius 1 is 1.47 bits per heavy atom. The van der Waals surface area contributed by atoms with Crippen molar-refractivity contribution in [1.29, 1.82) is 5.26 Å². The van der Waals surface area contributed by atoms with Crippen molar-refractivity contribution >= 4 is 11.0 Å². The van der Waals surface area contributed by atoms with Crippen LogP contribution < -0.4 is 0 Å². The summed E-state index contributed by atoms with van der Waals surface area (Å²) in [6.45, 7) is 5.90. The Balaban J connectivity index is 2.20. The van der Waals surface area contributed by atoms with Crippen molar-refractivity contribution in [2.24, 2.45) is 0 Å². The standard InChI is InChI=1S/C15H17N3O/c1-10(2)18-14-4-3-11(8-16)7-13(14)17-15(18)12-5-6-19-9-12/h3-4,7,10,12H,5-6,9H2,1-2H3. The van der Waals surface area contributed by atoms with E-state index >= 15 is 0 Å². The Morgan fingerprint density at radius 3 is 2.95 bits per heavy atom. The lowest BCUT2D eigenvalue weighted by molar-refractivity contribution is 0.192. The third-order valence-electron chi connectivity index (χ3n) is 3.66. The molecule has 0 amide bonds. The quantitative estimate of drug-likeness (QED) is 0.829. The van der Waals surface area contributed by atoms with E-state index in [0.717, 1.165) is 36.5 Å². The van der Waals surface area contributed by atoms with Crippen molar-refractivity contribution < 1.29 is 4.74 Å². The molecule has 2 heterocycles. The summed E-state index contributed by atoms with van der Waals surface area (Å²) >= 11 is 0. The molecule has 0 aliphatic carbocycles. The zero-order chi connectivity index (χ0) is 13.4. The Hall–Kier alpha value is -1.86. The number of imidazole rings is 1. The van der Waals surface area contributed by atoms with E-state index in [1.807, 2.05) is 18.2 Å². The summed E-state index contributed by atoms with van der Waals surface area (Å²) < 4.78 is 7.76. The van der Waals surface area contributed by atoms with Crippen LogP contribution in [0.5, 0.6) is 0 Å². The second-order valence-electron chi connectivity index (χ2n) is 5.31. The number of nitrogens with zero attached hydrogens (tertiary/aromatic N) is 3. The minimum Gasteiger partial charge on any atom is -0.381 e. The number of fused-ring (bicyclic) bond motifs is 1. The first-order valence-electron chi connectivity index (χ1n) is 6.70. The topological polar surface area (TPSA) is 50.8 Å². The second kappa shape index (κ2) is 4.67. The van der Waals surface area contributed by atoms with Gasteiger partial charge in [0.05, 0.1) is 29.3 Å². The Kier molecular flexibility index (Phi) is 3.00. The summed E-state index contributed by atoms with van der Waals surface area (Å²) in [6.07, 6.45) is 1.03. The number of hydrogen-bond donors (Lipinski definition) is 0. The molecule has 1 saturated heterocycles. The van der Waals surface area contributed by atoms with Gasteiger partial charge in [-0.1, -0.05) is 0 Å². The first-order valence-corrected chi connectivity index (χ1v) is 6.70. The highest BCUT2D eigenvalue weighted by Crippen LogP contribution is 2.30. The van der Waals surface area contributed by atoms with Gasteiger partial charge in [-0.05, 0) is 38.5 Å². The molecule has 0 N–H and O–H groups in total. The van der Waals surface area contributed by atoms with E-state index in [2.05, 4.69) is 24.5 Å². The summed E-state index contributed by atoms with van der Waals surface area (Å²) in [5.74, 6) is 1.47. The molecule has 1 unspecified atom stereocenters. The SMILES string of the molecule is CC(C)n1c(C2CCOC2)nc2cc(C#N)ccc21. The molecule has 1 aromatic carbocycles. The molecule has 4 heteroatoms. The molecule has 4 nitrogen and oxygen atoms in total. The molecule has 0 spiro atoms. The average molecular weight is 255 g/mol. The summed E-state index contributed by atoms with van der Waals surface area (Å²) in [6, 6.07) is 8.26. The van der Waals surface area contributed by atoms with Crippen LogP contribution >= 0.6 is 0 Å². The third kappa shape index (κ3) is 2.00. The van der Waals surface area contributed by atoms with Gasteiger partial charge in [0, 0.05) is 18.6 Å². The van der Waals surface area contributed by atoms with Crippen LogP contribution in [0.3, 0.4) is 0 Å². The number of rotatable bonds is 2. The van der Waals surface area contributed by atoms with E-state index in [1.54, 1.807) is 0 Å². The maximum atomic E-state index is 8.99. The van der Waals surface area contributed by atoms with Gasteiger partial charge in [-0.3, -0.25) is 0 Å². The molecule has 0 radical (unpaired) electrons. The Morgan fingerprint density at radius 2 is 2.32 bits per heavy atom. The molecule has 1 aromatic heterocycles. The van der Waals surface area contributed by atoms with Crippen LogP contribution in [-0.4, -0.2) is 22.8 Å². The van der Waals surface area contributed by atoms with Crippen LogP contribution in [0, 0.1) is 11.3 Å². The molecule has 1 aliphatic heterocycles. The van der Waals surface area contributed by atoms with Gasteiger partial charge in [0.25, 0.3) is 0 Å². The summed E-state index contributed by atoms with van der Waals surface area (Å²) in [5.41, 5.74) is 2.68. The normalized spacial score (nSPS) is 19.2. The molecular weight excluding hydrogens is 238 g/mol. The van der Waals surface area contributed by atoms with Gasteiger partial charge in [-0.25, -0.2) is 4.98 Å². The molecule has 3 rings (SSSR count). The minimum atomic E-state index is 0.355. The van der Waals surface area contributed by atoms with E-state index in [9.17, 15) is 0 Å². The number of hydrogen-bond acceptors (Lipinski definition) is 3. The molecule has 0 saturated carbocycles. The second-order valence-corrected chi connectivity index (χ2v) is 5.31. The van der Waals surface area contributed by atoms with Gasteiger partial charge in [0.2, 0.25) is 0 Å². The predicted octanol–water partition coefficient (Wildman–Crippen LogP) is 2.99. The van der Waals surface area contributed by atoms with Crippen LogP contribution in [0.1, 0.15) is 43.6 Å². The van der Waals surface area contributed by atoms with Crippen molar-refractivity contribution in [2.75, 3.05) is 13.2 Å². The number of benzene rings is 1.